The first-order valence-electron chi connectivity index (χ1n) is 6.54. The summed E-state index contributed by atoms with van der Waals surface area (Å²) in [6, 6.07) is 0. The van der Waals surface area contributed by atoms with E-state index in [-0.39, 0.29) is 0 Å². The molecule has 4 nitrogen and oxygen atoms in total. The average Bonchev–Trinajstić information content (AvgIpc) is 2.38. The van der Waals surface area contributed by atoms with Crippen LogP contribution in [0.15, 0.2) is 12.4 Å². The number of hydrogen-bond acceptors (Lipinski definition) is 4. The van der Waals surface area contributed by atoms with Crippen LogP contribution in [0.5, 0.6) is 0 Å². The summed E-state index contributed by atoms with van der Waals surface area (Å²) in [5, 5.41) is 3.44. The van der Waals surface area contributed by atoms with E-state index < -0.39 is 0 Å². The van der Waals surface area contributed by atoms with Crippen LogP contribution in [0.4, 0.5) is 5.82 Å². The molecule has 0 aromatic carbocycles. The van der Waals surface area contributed by atoms with E-state index in [1.54, 1.807) is 12.4 Å². The largest absolute Gasteiger partial charge is 0.355 e. The minimum absolute atomic E-state index is 0.822. The van der Waals surface area contributed by atoms with E-state index >= 15 is 0 Å². The predicted molar refractivity (Wildman–Crippen MR) is 70.2 cm³/mol. The van der Waals surface area contributed by atoms with Gasteiger partial charge in [0, 0.05) is 25.5 Å². The summed E-state index contributed by atoms with van der Waals surface area (Å²) in [7, 11) is 0. The van der Waals surface area contributed by atoms with Crippen LogP contribution in [0.1, 0.15) is 25.5 Å². The lowest BCUT2D eigenvalue weighted by Crippen LogP contribution is -2.38. The number of piperidine rings is 1. The zero-order valence-electron chi connectivity index (χ0n) is 10.8. The highest BCUT2D eigenvalue weighted by atomic mass is 15.2. The summed E-state index contributed by atoms with van der Waals surface area (Å²) < 4.78 is 0. The molecule has 0 atom stereocenters. The fourth-order valence-electron chi connectivity index (χ4n) is 2.41. The SMILES string of the molecule is CCNCC1CCN(c2nccnc2C)CC1. The molecular formula is C13H22N4. The lowest BCUT2D eigenvalue weighted by atomic mass is 9.97. The Kier molecular flexibility index (Phi) is 4.31. The van der Waals surface area contributed by atoms with Gasteiger partial charge in [0.2, 0.25) is 0 Å². The highest BCUT2D eigenvalue weighted by Gasteiger charge is 2.20. The summed E-state index contributed by atoms with van der Waals surface area (Å²) in [6.07, 6.45) is 6.05. The van der Waals surface area contributed by atoms with Crippen molar-refractivity contribution in [3.05, 3.63) is 18.1 Å². The summed E-state index contributed by atoms with van der Waals surface area (Å²) in [5.74, 6) is 1.89. The number of anilines is 1. The zero-order valence-corrected chi connectivity index (χ0v) is 10.8. The maximum Gasteiger partial charge on any atom is 0.150 e. The predicted octanol–water partition coefficient (Wildman–Crippen LogP) is 1.61. The Morgan fingerprint density at radius 3 is 2.65 bits per heavy atom. The maximum atomic E-state index is 4.44. The summed E-state index contributed by atoms with van der Waals surface area (Å²) in [6.45, 7) is 8.64. The standard InChI is InChI=1S/C13H22N4/c1-3-14-10-12-4-8-17(9-5-12)13-11(2)15-6-7-16-13/h6-7,12,14H,3-5,8-10H2,1-2H3. The van der Waals surface area contributed by atoms with Crippen molar-refractivity contribution in [2.45, 2.75) is 26.7 Å². The molecule has 0 radical (unpaired) electrons. The van der Waals surface area contributed by atoms with Gasteiger partial charge < -0.3 is 10.2 Å². The minimum atomic E-state index is 0.822. The molecule has 0 spiro atoms. The van der Waals surface area contributed by atoms with Gasteiger partial charge in [-0.05, 0) is 38.8 Å². The van der Waals surface area contributed by atoms with Crippen LogP contribution in [0.2, 0.25) is 0 Å². The van der Waals surface area contributed by atoms with Gasteiger partial charge in [-0.15, -0.1) is 0 Å². The number of aromatic nitrogens is 2. The monoisotopic (exact) mass is 234 g/mol. The van der Waals surface area contributed by atoms with Crippen molar-refractivity contribution in [2.75, 3.05) is 31.1 Å². The lowest BCUT2D eigenvalue weighted by molar-refractivity contribution is 0.385. The quantitative estimate of drug-likeness (QED) is 0.859. The van der Waals surface area contributed by atoms with E-state index in [4.69, 9.17) is 0 Å². The van der Waals surface area contributed by atoms with Gasteiger partial charge in [0.05, 0.1) is 5.69 Å². The van der Waals surface area contributed by atoms with E-state index in [9.17, 15) is 0 Å². The molecule has 0 saturated carbocycles. The highest BCUT2D eigenvalue weighted by molar-refractivity contribution is 5.42. The Morgan fingerprint density at radius 2 is 2.00 bits per heavy atom. The molecule has 0 aliphatic carbocycles. The third-order valence-corrected chi connectivity index (χ3v) is 3.45. The van der Waals surface area contributed by atoms with E-state index in [0.29, 0.717) is 0 Å². The molecule has 0 amide bonds. The number of hydrogen-bond donors (Lipinski definition) is 1. The molecule has 1 fully saturated rings. The zero-order chi connectivity index (χ0) is 12.1. The van der Waals surface area contributed by atoms with Gasteiger partial charge >= 0.3 is 0 Å². The molecule has 94 valence electrons. The van der Waals surface area contributed by atoms with Gasteiger partial charge in [0.15, 0.2) is 0 Å². The third kappa shape index (κ3) is 3.16. The van der Waals surface area contributed by atoms with Crippen molar-refractivity contribution in [3.63, 3.8) is 0 Å². The van der Waals surface area contributed by atoms with Gasteiger partial charge in [-0.1, -0.05) is 6.92 Å². The van der Waals surface area contributed by atoms with Crippen molar-refractivity contribution in [1.82, 2.24) is 15.3 Å². The number of rotatable bonds is 4. The summed E-state index contributed by atoms with van der Waals surface area (Å²) >= 11 is 0. The van der Waals surface area contributed by atoms with E-state index in [2.05, 4.69) is 27.1 Å². The Balaban J connectivity index is 1.89. The molecule has 1 aromatic rings. The number of nitrogens with zero attached hydrogens (tertiary/aromatic N) is 3. The molecule has 4 heteroatoms. The first kappa shape index (κ1) is 12.3. The van der Waals surface area contributed by atoms with Gasteiger partial charge in [-0.25, -0.2) is 4.98 Å². The van der Waals surface area contributed by atoms with Gasteiger partial charge in [-0.3, -0.25) is 4.98 Å². The lowest BCUT2D eigenvalue weighted by Gasteiger charge is -2.33. The molecule has 1 saturated heterocycles. The Labute approximate surface area is 103 Å². The van der Waals surface area contributed by atoms with E-state index in [0.717, 1.165) is 43.6 Å². The first-order valence-corrected chi connectivity index (χ1v) is 6.54. The second-order valence-corrected chi connectivity index (χ2v) is 4.70. The Hall–Kier alpha value is -1.16. The maximum absolute atomic E-state index is 4.44. The summed E-state index contributed by atoms with van der Waals surface area (Å²) in [4.78, 5) is 11.1. The van der Waals surface area contributed by atoms with Gasteiger partial charge in [-0.2, -0.15) is 0 Å². The van der Waals surface area contributed by atoms with Crippen molar-refractivity contribution >= 4 is 5.82 Å². The van der Waals surface area contributed by atoms with E-state index in [1.165, 1.54) is 12.8 Å². The van der Waals surface area contributed by atoms with Crippen LogP contribution in [0.3, 0.4) is 0 Å². The highest BCUT2D eigenvalue weighted by Crippen LogP contribution is 2.22. The Morgan fingerprint density at radius 1 is 1.29 bits per heavy atom. The van der Waals surface area contributed by atoms with Crippen LogP contribution < -0.4 is 10.2 Å². The van der Waals surface area contributed by atoms with Crippen LogP contribution >= 0.6 is 0 Å². The normalized spacial score (nSPS) is 17.4. The molecule has 1 aliphatic heterocycles. The van der Waals surface area contributed by atoms with Crippen molar-refractivity contribution in [3.8, 4) is 0 Å². The van der Waals surface area contributed by atoms with Gasteiger partial charge in [0.25, 0.3) is 0 Å². The molecule has 1 N–H and O–H groups in total. The molecule has 17 heavy (non-hydrogen) atoms. The van der Waals surface area contributed by atoms with Gasteiger partial charge in [0.1, 0.15) is 5.82 Å². The van der Waals surface area contributed by atoms with Crippen LogP contribution in [0, 0.1) is 12.8 Å². The average molecular weight is 234 g/mol. The second kappa shape index (κ2) is 5.96. The third-order valence-electron chi connectivity index (χ3n) is 3.45. The Bertz CT molecular complexity index is 345. The molecular weight excluding hydrogens is 212 g/mol. The molecule has 0 unspecified atom stereocenters. The van der Waals surface area contributed by atoms with Crippen molar-refractivity contribution < 1.29 is 0 Å². The minimum Gasteiger partial charge on any atom is -0.355 e. The molecule has 2 heterocycles. The fourth-order valence-corrected chi connectivity index (χ4v) is 2.41. The second-order valence-electron chi connectivity index (χ2n) is 4.70. The number of nitrogens with one attached hydrogen (secondary N) is 1. The van der Waals surface area contributed by atoms with Crippen LogP contribution in [0.25, 0.3) is 0 Å². The first-order chi connectivity index (χ1) is 8.31. The molecule has 2 rings (SSSR count). The van der Waals surface area contributed by atoms with Crippen LogP contribution in [-0.4, -0.2) is 36.1 Å². The molecule has 1 aromatic heterocycles. The number of aryl methyl sites for hydroxylation is 1. The van der Waals surface area contributed by atoms with Crippen molar-refractivity contribution in [1.29, 1.82) is 0 Å². The van der Waals surface area contributed by atoms with E-state index in [1.807, 2.05) is 6.92 Å². The smallest absolute Gasteiger partial charge is 0.150 e. The topological polar surface area (TPSA) is 41.0 Å². The van der Waals surface area contributed by atoms with Crippen molar-refractivity contribution in [2.24, 2.45) is 5.92 Å². The molecule has 1 aliphatic rings. The summed E-state index contributed by atoms with van der Waals surface area (Å²) in [5.41, 5.74) is 1.04. The fraction of sp³-hybridized carbons (Fsp3) is 0.692. The molecule has 0 bridgehead atoms. The van der Waals surface area contributed by atoms with Crippen LogP contribution in [-0.2, 0) is 0 Å².